The first-order chi connectivity index (χ1) is 8.58. The van der Waals surface area contributed by atoms with Gasteiger partial charge in [-0.1, -0.05) is 13.3 Å². The topological polar surface area (TPSA) is 87.7 Å². The molecule has 0 aliphatic carbocycles. The van der Waals surface area contributed by atoms with Gasteiger partial charge in [0, 0.05) is 7.11 Å². The molecule has 3 atom stereocenters. The highest BCUT2D eigenvalue weighted by molar-refractivity contribution is 5.87. The molecule has 0 spiro atoms. The Bertz CT molecular complexity index is 296. The third-order valence-corrected chi connectivity index (χ3v) is 3.35. The molecule has 1 amide bonds. The molecule has 0 aromatic heterocycles. The molecule has 0 aromatic carbocycles. The van der Waals surface area contributed by atoms with E-state index in [9.17, 15) is 9.59 Å². The van der Waals surface area contributed by atoms with Gasteiger partial charge >= 0.3 is 5.97 Å². The van der Waals surface area contributed by atoms with Crippen LogP contribution in [-0.4, -0.2) is 49.3 Å². The van der Waals surface area contributed by atoms with Crippen molar-refractivity contribution in [2.75, 3.05) is 20.3 Å². The number of carboxylic acids is 1. The molecule has 3 unspecified atom stereocenters. The van der Waals surface area contributed by atoms with E-state index < -0.39 is 12.0 Å². The molecule has 6 heteroatoms. The Balaban J connectivity index is 2.50. The standard InChI is InChI=1S/C12H22N2O4/c1-3-8-4-5-13-9(6-8)11(15)14-10(7-18-2)12(16)17/h8-10,13H,3-7H2,1-2H3,(H,14,15)(H,16,17). The van der Waals surface area contributed by atoms with Gasteiger partial charge in [0.2, 0.25) is 5.91 Å². The molecular weight excluding hydrogens is 236 g/mol. The number of carbonyl (C=O) groups excluding carboxylic acids is 1. The number of hydrogen-bond donors (Lipinski definition) is 3. The van der Waals surface area contributed by atoms with Gasteiger partial charge in [0.15, 0.2) is 6.04 Å². The lowest BCUT2D eigenvalue weighted by Gasteiger charge is -2.29. The normalized spacial score (nSPS) is 25.4. The maximum Gasteiger partial charge on any atom is 0.328 e. The first-order valence-electron chi connectivity index (χ1n) is 6.34. The summed E-state index contributed by atoms with van der Waals surface area (Å²) in [5.74, 6) is -0.793. The Morgan fingerprint density at radius 2 is 2.28 bits per heavy atom. The van der Waals surface area contributed by atoms with Crippen molar-refractivity contribution in [1.82, 2.24) is 10.6 Å². The van der Waals surface area contributed by atoms with Crippen LogP contribution in [-0.2, 0) is 14.3 Å². The minimum Gasteiger partial charge on any atom is -0.480 e. The smallest absolute Gasteiger partial charge is 0.328 e. The zero-order valence-corrected chi connectivity index (χ0v) is 10.9. The summed E-state index contributed by atoms with van der Waals surface area (Å²) in [6.45, 7) is 2.89. The van der Waals surface area contributed by atoms with Crippen LogP contribution in [0.4, 0.5) is 0 Å². The molecule has 0 bridgehead atoms. The number of carboxylic acid groups (broad SMARTS) is 1. The van der Waals surface area contributed by atoms with E-state index in [2.05, 4.69) is 17.6 Å². The van der Waals surface area contributed by atoms with Gasteiger partial charge in [-0.25, -0.2) is 4.79 Å². The number of nitrogens with one attached hydrogen (secondary N) is 2. The SMILES string of the molecule is CCC1CCNC(C(=O)NC(COC)C(=O)O)C1. The largest absolute Gasteiger partial charge is 0.480 e. The van der Waals surface area contributed by atoms with E-state index in [0.717, 1.165) is 25.8 Å². The van der Waals surface area contributed by atoms with Crippen LogP contribution < -0.4 is 10.6 Å². The molecule has 3 N–H and O–H groups in total. The fourth-order valence-electron chi connectivity index (χ4n) is 2.18. The number of piperidine rings is 1. The average molecular weight is 258 g/mol. The van der Waals surface area contributed by atoms with Gasteiger partial charge in [-0.3, -0.25) is 4.79 Å². The number of methoxy groups -OCH3 is 1. The number of carbonyl (C=O) groups is 2. The second kappa shape index (κ2) is 7.33. The van der Waals surface area contributed by atoms with Crippen molar-refractivity contribution >= 4 is 11.9 Å². The highest BCUT2D eigenvalue weighted by Gasteiger charge is 2.29. The van der Waals surface area contributed by atoms with Crippen molar-refractivity contribution in [3.8, 4) is 0 Å². The van der Waals surface area contributed by atoms with E-state index in [0.29, 0.717) is 5.92 Å². The van der Waals surface area contributed by atoms with Crippen LogP contribution in [0.1, 0.15) is 26.2 Å². The summed E-state index contributed by atoms with van der Waals surface area (Å²) in [5, 5.41) is 14.6. The van der Waals surface area contributed by atoms with Crippen molar-refractivity contribution in [1.29, 1.82) is 0 Å². The molecule has 1 saturated heterocycles. The van der Waals surface area contributed by atoms with Crippen LogP contribution in [0.5, 0.6) is 0 Å². The number of aliphatic carboxylic acids is 1. The van der Waals surface area contributed by atoms with Crippen LogP contribution in [0.2, 0.25) is 0 Å². The fraction of sp³-hybridized carbons (Fsp3) is 0.833. The third-order valence-electron chi connectivity index (χ3n) is 3.35. The first kappa shape index (κ1) is 14.9. The maximum atomic E-state index is 12.0. The van der Waals surface area contributed by atoms with E-state index >= 15 is 0 Å². The van der Waals surface area contributed by atoms with Crippen LogP contribution in [0.25, 0.3) is 0 Å². The number of hydrogen-bond acceptors (Lipinski definition) is 4. The predicted octanol–water partition coefficient (Wildman–Crippen LogP) is -0.0196. The van der Waals surface area contributed by atoms with Crippen LogP contribution >= 0.6 is 0 Å². The van der Waals surface area contributed by atoms with Gasteiger partial charge in [-0.05, 0) is 25.3 Å². The lowest BCUT2D eigenvalue weighted by Crippen LogP contribution is -2.53. The summed E-state index contributed by atoms with van der Waals surface area (Å²) >= 11 is 0. The van der Waals surface area contributed by atoms with E-state index in [-0.39, 0.29) is 18.6 Å². The lowest BCUT2D eigenvalue weighted by atomic mass is 9.90. The quantitative estimate of drug-likeness (QED) is 0.623. The second-order valence-electron chi connectivity index (χ2n) is 4.66. The highest BCUT2D eigenvalue weighted by atomic mass is 16.5. The Hall–Kier alpha value is -1.14. The highest BCUT2D eigenvalue weighted by Crippen LogP contribution is 2.19. The molecule has 104 valence electrons. The molecule has 1 fully saturated rings. The predicted molar refractivity (Wildman–Crippen MR) is 66.2 cm³/mol. The van der Waals surface area contributed by atoms with Gasteiger partial charge in [0.1, 0.15) is 0 Å². The molecule has 1 aliphatic rings. The molecule has 18 heavy (non-hydrogen) atoms. The van der Waals surface area contributed by atoms with E-state index in [1.807, 2.05) is 0 Å². The monoisotopic (exact) mass is 258 g/mol. The molecule has 1 aliphatic heterocycles. The average Bonchev–Trinajstić information content (AvgIpc) is 2.38. The van der Waals surface area contributed by atoms with Gasteiger partial charge in [0.05, 0.1) is 12.6 Å². The molecular formula is C12H22N2O4. The Kier molecular flexibility index (Phi) is 6.07. The summed E-state index contributed by atoms with van der Waals surface area (Å²) in [7, 11) is 1.41. The van der Waals surface area contributed by atoms with E-state index in [4.69, 9.17) is 9.84 Å². The zero-order valence-electron chi connectivity index (χ0n) is 10.9. The van der Waals surface area contributed by atoms with Crippen molar-refractivity contribution in [3.05, 3.63) is 0 Å². The van der Waals surface area contributed by atoms with Crippen LogP contribution in [0.15, 0.2) is 0 Å². The molecule has 0 saturated carbocycles. The summed E-state index contributed by atoms with van der Waals surface area (Å²) in [6.07, 6.45) is 2.88. The fourth-order valence-corrected chi connectivity index (χ4v) is 2.18. The molecule has 1 rings (SSSR count). The minimum absolute atomic E-state index is 0.0228. The van der Waals surface area contributed by atoms with Crippen molar-refractivity contribution in [2.24, 2.45) is 5.92 Å². The van der Waals surface area contributed by atoms with Gasteiger partial charge in [-0.2, -0.15) is 0 Å². The molecule has 6 nitrogen and oxygen atoms in total. The zero-order chi connectivity index (χ0) is 13.5. The lowest BCUT2D eigenvalue weighted by molar-refractivity contribution is -0.143. The Morgan fingerprint density at radius 3 is 2.83 bits per heavy atom. The van der Waals surface area contributed by atoms with Crippen molar-refractivity contribution in [2.45, 2.75) is 38.3 Å². The Labute approximate surface area is 107 Å². The third kappa shape index (κ3) is 4.27. The van der Waals surface area contributed by atoms with E-state index in [1.54, 1.807) is 0 Å². The van der Waals surface area contributed by atoms with Gasteiger partial charge < -0.3 is 20.5 Å². The Morgan fingerprint density at radius 1 is 1.56 bits per heavy atom. The number of ether oxygens (including phenoxy) is 1. The van der Waals surface area contributed by atoms with E-state index in [1.165, 1.54) is 7.11 Å². The summed E-state index contributed by atoms with van der Waals surface area (Å²) in [4.78, 5) is 22.9. The molecule has 1 heterocycles. The number of rotatable bonds is 6. The van der Waals surface area contributed by atoms with Crippen LogP contribution in [0.3, 0.4) is 0 Å². The molecule has 0 aromatic rings. The van der Waals surface area contributed by atoms with Crippen LogP contribution in [0, 0.1) is 5.92 Å². The minimum atomic E-state index is -1.08. The second-order valence-corrected chi connectivity index (χ2v) is 4.66. The number of amides is 1. The first-order valence-corrected chi connectivity index (χ1v) is 6.34. The summed E-state index contributed by atoms with van der Waals surface area (Å²) in [6, 6.07) is -1.27. The van der Waals surface area contributed by atoms with Crippen molar-refractivity contribution < 1.29 is 19.4 Å². The summed E-state index contributed by atoms with van der Waals surface area (Å²) < 4.78 is 4.78. The van der Waals surface area contributed by atoms with Crippen molar-refractivity contribution in [3.63, 3.8) is 0 Å². The molecule has 0 radical (unpaired) electrons. The van der Waals surface area contributed by atoms with Gasteiger partial charge in [-0.15, -0.1) is 0 Å². The summed E-state index contributed by atoms with van der Waals surface area (Å²) in [5.41, 5.74) is 0. The van der Waals surface area contributed by atoms with Gasteiger partial charge in [0.25, 0.3) is 0 Å². The maximum absolute atomic E-state index is 12.0.